The van der Waals surface area contributed by atoms with E-state index in [0.29, 0.717) is 0 Å². The smallest absolute Gasteiger partial charge is 0.163 e. The monoisotopic (exact) mass is 377 g/mol. The van der Waals surface area contributed by atoms with E-state index in [1.165, 1.54) is 11.4 Å². The Morgan fingerprint density at radius 3 is 1.21 bits per heavy atom. The molecule has 0 amide bonds. The number of hydrogen-bond acceptors (Lipinski definition) is 4. The van der Waals surface area contributed by atoms with Gasteiger partial charge in [0, 0.05) is 55.7 Å². The number of hydrogen-bond donors (Lipinski definition) is 0. The Labute approximate surface area is 168 Å². The van der Waals surface area contributed by atoms with E-state index >= 15 is 0 Å². The van der Waals surface area contributed by atoms with Gasteiger partial charge in [-0.3, -0.25) is 0 Å². The third-order valence-electron chi connectivity index (χ3n) is 5.38. The lowest BCUT2D eigenvalue weighted by Crippen LogP contribution is -2.21. The molecule has 0 aliphatic heterocycles. The molecule has 3 rings (SSSR count). The van der Waals surface area contributed by atoms with Gasteiger partial charge in [0.25, 0.3) is 0 Å². The maximum Gasteiger partial charge on any atom is 0.163 e. The van der Waals surface area contributed by atoms with E-state index in [1.54, 1.807) is 0 Å². The first-order valence-corrected chi connectivity index (χ1v) is 10.2. The normalized spacial score (nSPS) is 10.9. The summed E-state index contributed by atoms with van der Waals surface area (Å²) in [5.74, 6) is 1.77. The SMILES string of the molecule is CCN(CC)c1ccc(-c2nnc(-c3ccc(N(CC)CC)cc3)n2C)cc1. The molecule has 0 N–H and O–H groups in total. The molecule has 0 saturated carbocycles. The Morgan fingerprint density at radius 2 is 0.929 bits per heavy atom. The van der Waals surface area contributed by atoms with Crippen molar-refractivity contribution in [2.75, 3.05) is 36.0 Å². The Hall–Kier alpha value is -2.82. The Bertz CT molecular complexity index is 799. The molecule has 5 heteroatoms. The minimum absolute atomic E-state index is 0.883. The summed E-state index contributed by atoms with van der Waals surface area (Å²) in [5.41, 5.74) is 4.64. The maximum atomic E-state index is 4.46. The van der Waals surface area contributed by atoms with Gasteiger partial charge in [-0.05, 0) is 76.2 Å². The predicted molar refractivity (Wildman–Crippen MR) is 119 cm³/mol. The van der Waals surface area contributed by atoms with Crippen molar-refractivity contribution in [1.82, 2.24) is 14.8 Å². The topological polar surface area (TPSA) is 37.2 Å². The van der Waals surface area contributed by atoms with Gasteiger partial charge in [-0.15, -0.1) is 10.2 Å². The van der Waals surface area contributed by atoms with Crippen molar-refractivity contribution in [3.8, 4) is 22.8 Å². The van der Waals surface area contributed by atoms with Crippen molar-refractivity contribution in [1.29, 1.82) is 0 Å². The van der Waals surface area contributed by atoms with E-state index < -0.39 is 0 Å². The van der Waals surface area contributed by atoms with Crippen LogP contribution in [0.2, 0.25) is 0 Å². The highest BCUT2D eigenvalue weighted by atomic mass is 15.3. The summed E-state index contributed by atoms with van der Waals surface area (Å²) < 4.78 is 2.07. The minimum atomic E-state index is 0.883. The summed E-state index contributed by atoms with van der Waals surface area (Å²) in [6, 6.07) is 17.2. The molecule has 0 aliphatic rings. The number of aromatic nitrogens is 3. The molecule has 0 atom stereocenters. The molecule has 2 aromatic carbocycles. The molecule has 5 nitrogen and oxygen atoms in total. The molecule has 148 valence electrons. The first kappa shape index (κ1) is 19.9. The fourth-order valence-electron chi connectivity index (χ4n) is 3.65. The molecule has 1 heterocycles. The maximum absolute atomic E-state index is 4.46. The summed E-state index contributed by atoms with van der Waals surface area (Å²) in [7, 11) is 2.03. The molecule has 3 aromatic rings. The lowest BCUT2D eigenvalue weighted by Gasteiger charge is -2.21. The molecule has 0 fully saturated rings. The van der Waals surface area contributed by atoms with Crippen LogP contribution in [-0.4, -0.2) is 40.9 Å². The summed E-state index contributed by atoms with van der Waals surface area (Å²) >= 11 is 0. The molecule has 1 aromatic heterocycles. The molecule has 0 aliphatic carbocycles. The fraction of sp³-hybridized carbons (Fsp3) is 0.391. The van der Waals surface area contributed by atoms with Crippen LogP contribution in [0.3, 0.4) is 0 Å². The average molecular weight is 378 g/mol. The van der Waals surface area contributed by atoms with Gasteiger partial charge in [-0.25, -0.2) is 0 Å². The average Bonchev–Trinajstić information content (AvgIpc) is 3.12. The number of anilines is 2. The van der Waals surface area contributed by atoms with Crippen LogP contribution in [-0.2, 0) is 7.05 Å². The van der Waals surface area contributed by atoms with Gasteiger partial charge in [0.15, 0.2) is 11.6 Å². The second kappa shape index (κ2) is 8.91. The first-order chi connectivity index (χ1) is 13.6. The van der Waals surface area contributed by atoms with Crippen molar-refractivity contribution in [2.45, 2.75) is 27.7 Å². The van der Waals surface area contributed by atoms with Gasteiger partial charge in [0.05, 0.1) is 0 Å². The Morgan fingerprint density at radius 1 is 0.607 bits per heavy atom. The van der Waals surface area contributed by atoms with E-state index in [2.05, 4.69) is 101 Å². The predicted octanol–water partition coefficient (Wildman–Crippen LogP) is 4.84. The van der Waals surface area contributed by atoms with E-state index in [9.17, 15) is 0 Å². The van der Waals surface area contributed by atoms with E-state index in [0.717, 1.165) is 49.0 Å². The van der Waals surface area contributed by atoms with Gasteiger partial charge < -0.3 is 14.4 Å². The molecule has 0 unspecified atom stereocenters. The van der Waals surface area contributed by atoms with Crippen LogP contribution < -0.4 is 9.80 Å². The van der Waals surface area contributed by atoms with Gasteiger partial charge >= 0.3 is 0 Å². The fourth-order valence-corrected chi connectivity index (χ4v) is 3.65. The van der Waals surface area contributed by atoms with Crippen molar-refractivity contribution < 1.29 is 0 Å². The molecule has 0 bridgehead atoms. The molecular formula is C23H31N5. The molecular weight excluding hydrogens is 346 g/mol. The van der Waals surface area contributed by atoms with Crippen molar-refractivity contribution >= 4 is 11.4 Å². The first-order valence-electron chi connectivity index (χ1n) is 10.2. The quantitative estimate of drug-likeness (QED) is 0.563. The lowest BCUT2D eigenvalue weighted by molar-refractivity contribution is 0.866. The Kier molecular flexibility index (Phi) is 6.34. The largest absolute Gasteiger partial charge is 0.372 e. The highest BCUT2D eigenvalue weighted by molar-refractivity contribution is 5.66. The van der Waals surface area contributed by atoms with Crippen molar-refractivity contribution in [2.24, 2.45) is 7.05 Å². The van der Waals surface area contributed by atoms with Gasteiger partial charge in [-0.1, -0.05) is 0 Å². The van der Waals surface area contributed by atoms with Crippen LogP contribution in [0.5, 0.6) is 0 Å². The second-order valence-corrected chi connectivity index (χ2v) is 6.84. The van der Waals surface area contributed by atoms with Crippen molar-refractivity contribution in [3.63, 3.8) is 0 Å². The highest BCUT2D eigenvalue weighted by Crippen LogP contribution is 2.26. The third kappa shape index (κ3) is 3.88. The zero-order valence-corrected chi connectivity index (χ0v) is 17.7. The van der Waals surface area contributed by atoms with Crippen molar-refractivity contribution in [3.05, 3.63) is 48.5 Å². The highest BCUT2D eigenvalue weighted by Gasteiger charge is 2.13. The van der Waals surface area contributed by atoms with E-state index in [1.807, 2.05) is 7.05 Å². The van der Waals surface area contributed by atoms with Gasteiger partial charge in [-0.2, -0.15) is 0 Å². The van der Waals surface area contributed by atoms with Crippen LogP contribution in [0.4, 0.5) is 11.4 Å². The molecule has 28 heavy (non-hydrogen) atoms. The summed E-state index contributed by atoms with van der Waals surface area (Å²) in [6.45, 7) is 12.7. The second-order valence-electron chi connectivity index (χ2n) is 6.84. The minimum Gasteiger partial charge on any atom is -0.372 e. The van der Waals surface area contributed by atoms with Crippen LogP contribution >= 0.6 is 0 Å². The standard InChI is InChI=1S/C23H31N5/c1-6-27(7-2)20-14-10-18(11-15-20)22-24-25-23(26(22)5)19-12-16-21(17-13-19)28(8-3)9-4/h10-17H,6-9H2,1-5H3. The summed E-state index contributed by atoms with van der Waals surface area (Å²) in [4.78, 5) is 4.67. The summed E-state index contributed by atoms with van der Waals surface area (Å²) in [6.07, 6.45) is 0. The third-order valence-corrected chi connectivity index (χ3v) is 5.38. The lowest BCUT2D eigenvalue weighted by atomic mass is 10.1. The van der Waals surface area contributed by atoms with Crippen LogP contribution in [0.1, 0.15) is 27.7 Å². The van der Waals surface area contributed by atoms with E-state index in [4.69, 9.17) is 0 Å². The van der Waals surface area contributed by atoms with E-state index in [-0.39, 0.29) is 0 Å². The van der Waals surface area contributed by atoms with Crippen LogP contribution in [0, 0.1) is 0 Å². The zero-order chi connectivity index (χ0) is 20.1. The van der Waals surface area contributed by atoms with Gasteiger partial charge in [0.1, 0.15) is 0 Å². The van der Waals surface area contributed by atoms with Gasteiger partial charge in [0.2, 0.25) is 0 Å². The molecule has 0 saturated heterocycles. The molecule has 0 radical (unpaired) electrons. The van der Waals surface area contributed by atoms with Crippen LogP contribution in [0.15, 0.2) is 48.5 Å². The number of nitrogens with zero attached hydrogens (tertiary/aromatic N) is 5. The molecule has 0 spiro atoms. The summed E-state index contributed by atoms with van der Waals surface area (Å²) in [5, 5.41) is 8.91. The number of benzene rings is 2. The zero-order valence-electron chi connectivity index (χ0n) is 17.7. The number of rotatable bonds is 8. The Balaban J connectivity index is 1.86. The van der Waals surface area contributed by atoms with Crippen LogP contribution in [0.25, 0.3) is 22.8 Å².